The van der Waals surface area contributed by atoms with Crippen molar-refractivity contribution < 1.29 is 4.74 Å². The predicted octanol–water partition coefficient (Wildman–Crippen LogP) is 2.79. The van der Waals surface area contributed by atoms with Gasteiger partial charge in [0.05, 0.1) is 11.3 Å². The summed E-state index contributed by atoms with van der Waals surface area (Å²) in [7, 11) is 0. The van der Waals surface area contributed by atoms with Gasteiger partial charge in [-0.05, 0) is 30.5 Å². The van der Waals surface area contributed by atoms with Crippen LogP contribution in [0.15, 0.2) is 24.8 Å². The summed E-state index contributed by atoms with van der Waals surface area (Å²) < 4.78 is 5.31. The Morgan fingerprint density at radius 2 is 2.18 bits per heavy atom. The molecule has 1 saturated heterocycles. The minimum Gasteiger partial charge on any atom is -0.381 e. The van der Waals surface area contributed by atoms with E-state index in [9.17, 15) is 0 Å². The maximum atomic E-state index is 9.12. The molecule has 0 aromatic heterocycles. The van der Waals surface area contributed by atoms with E-state index in [0.29, 0.717) is 11.6 Å². The fourth-order valence-corrected chi connectivity index (χ4v) is 1.97. The third-order valence-electron chi connectivity index (χ3n) is 2.98. The first kappa shape index (κ1) is 11.7. The van der Waals surface area contributed by atoms with Crippen LogP contribution < -0.4 is 5.32 Å². The Bertz CT molecular complexity index is 442. The van der Waals surface area contributed by atoms with Crippen LogP contribution in [-0.2, 0) is 4.74 Å². The largest absolute Gasteiger partial charge is 0.381 e. The normalized spacial score (nSPS) is 16.2. The molecule has 1 heterocycles. The molecule has 0 unspecified atom stereocenters. The van der Waals surface area contributed by atoms with Crippen molar-refractivity contribution in [2.24, 2.45) is 0 Å². The van der Waals surface area contributed by atoms with E-state index in [-0.39, 0.29) is 0 Å². The molecule has 0 saturated carbocycles. The van der Waals surface area contributed by atoms with E-state index in [1.165, 1.54) is 0 Å². The SMILES string of the molecule is C=Cc1ccc(NC2CCOCC2)c(C#N)c1. The highest BCUT2D eigenvalue weighted by Crippen LogP contribution is 2.21. The van der Waals surface area contributed by atoms with Gasteiger partial charge in [-0.1, -0.05) is 18.7 Å². The van der Waals surface area contributed by atoms with Gasteiger partial charge in [0.25, 0.3) is 0 Å². The van der Waals surface area contributed by atoms with Crippen LogP contribution in [0.4, 0.5) is 5.69 Å². The van der Waals surface area contributed by atoms with E-state index in [4.69, 9.17) is 10.00 Å². The molecule has 3 heteroatoms. The molecule has 0 bridgehead atoms. The standard InChI is InChI=1S/C14H16N2O/c1-2-11-3-4-14(12(9-11)10-15)16-13-5-7-17-8-6-13/h2-4,9,13,16H,1,5-8H2. The molecule has 17 heavy (non-hydrogen) atoms. The summed E-state index contributed by atoms with van der Waals surface area (Å²) in [4.78, 5) is 0. The zero-order valence-corrected chi connectivity index (χ0v) is 9.78. The highest BCUT2D eigenvalue weighted by Gasteiger charge is 2.14. The maximum absolute atomic E-state index is 9.12. The Balaban J connectivity index is 2.14. The molecule has 0 radical (unpaired) electrons. The Morgan fingerprint density at radius 1 is 1.41 bits per heavy atom. The van der Waals surface area contributed by atoms with Crippen LogP contribution in [0, 0.1) is 11.3 Å². The molecule has 1 N–H and O–H groups in total. The zero-order chi connectivity index (χ0) is 12.1. The van der Waals surface area contributed by atoms with Crippen molar-refractivity contribution in [3.8, 4) is 6.07 Å². The number of ether oxygens (including phenoxy) is 1. The molecule has 1 aromatic rings. The summed E-state index contributed by atoms with van der Waals surface area (Å²) in [5.74, 6) is 0. The van der Waals surface area contributed by atoms with Gasteiger partial charge in [-0.2, -0.15) is 5.26 Å². The van der Waals surface area contributed by atoms with E-state index >= 15 is 0 Å². The van der Waals surface area contributed by atoms with Crippen molar-refractivity contribution in [3.63, 3.8) is 0 Å². The van der Waals surface area contributed by atoms with Crippen molar-refractivity contribution in [2.45, 2.75) is 18.9 Å². The van der Waals surface area contributed by atoms with Gasteiger partial charge < -0.3 is 10.1 Å². The zero-order valence-electron chi connectivity index (χ0n) is 9.78. The Morgan fingerprint density at radius 3 is 2.82 bits per heavy atom. The molecule has 1 aliphatic rings. The molecular formula is C14H16N2O. The monoisotopic (exact) mass is 228 g/mol. The van der Waals surface area contributed by atoms with Crippen LogP contribution in [0.1, 0.15) is 24.0 Å². The molecule has 0 amide bonds. The third kappa shape index (κ3) is 2.86. The van der Waals surface area contributed by atoms with Crippen LogP contribution in [-0.4, -0.2) is 19.3 Å². The smallest absolute Gasteiger partial charge is 0.101 e. The topological polar surface area (TPSA) is 45.0 Å². The van der Waals surface area contributed by atoms with Crippen molar-refractivity contribution in [2.75, 3.05) is 18.5 Å². The molecule has 0 atom stereocenters. The number of hydrogen-bond acceptors (Lipinski definition) is 3. The minimum atomic E-state index is 0.408. The Hall–Kier alpha value is -1.79. The number of rotatable bonds is 3. The molecule has 3 nitrogen and oxygen atoms in total. The number of nitriles is 1. The third-order valence-corrected chi connectivity index (χ3v) is 2.98. The van der Waals surface area contributed by atoms with Crippen molar-refractivity contribution in [1.82, 2.24) is 0 Å². The van der Waals surface area contributed by atoms with E-state index in [1.807, 2.05) is 18.2 Å². The van der Waals surface area contributed by atoms with E-state index < -0.39 is 0 Å². The van der Waals surface area contributed by atoms with Gasteiger partial charge in [0.2, 0.25) is 0 Å². The number of hydrogen-bond donors (Lipinski definition) is 1. The van der Waals surface area contributed by atoms with Gasteiger partial charge in [-0.15, -0.1) is 0 Å². The van der Waals surface area contributed by atoms with Gasteiger partial charge in [0, 0.05) is 19.3 Å². The summed E-state index contributed by atoms with van der Waals surface area (Å²) in [6.07, 6.45) is 3.74. The Labute approximate surface area is 102 Å². The summed E-state index contributed by atoms with van der Waals surface area (Å²) in [6, 6.07) is 8.40. The van der Waals surface area contributed by atoms with Crippen LogP contribution in [0.25, 0.3) is 6.08 Å². The molecule has 0 spiro atoms. The lowest BCUT2D eigenvalue weighted by molar-refractivity contribution is 0.0904. The molecule has 1 aromatic carbocycles. The number of benzene rings is 1. The van der Waals surface area contributed by atoms with E-state index in [1.54, 1.807) is 6.08 Å². The average molecular weight is 228 g/mol. The summed E-state index contributed by atoms with van der Waals surface area (Å²) >= 11 is 0. The lowest BCUT2D eigenvalue weighted by Crippen LogP contribution is -2.28. The van der Waals surface area contributed by atoms with Gasteiger partial charge in [0.15, 0.2) is 0 Å². The quantitative estimate of drug-likeness (QED) is 0.865. The second kappa shape index (κ2) is 5.51. The second-order valence-corrected chi connectivity index (χ2v) is 4.15. The molecular weight excluding hydrogens is 212 g/mol. The fraction of sp³-hybridized carbons (Fsp3) is 0.357. The molecule has 1 fully saturated rings. The van der Waals surface area contributed by atoms with Gasteiger partial charge in [-0.25, -0.2) is 0 Å². The van der Waals surface area contributed by atoms with Crippen LogP contribution in [0.5, 0.6) is 0 Å². The second-order valence-electron chi connectivity index (χ2n) is 4.15. The highest BCUT2D eigenvalue weighted by molar-refractivity contribution is 5.63. The van der Waals surface area contributed by atoms with Crippen LogP contribution in [0.2, 0.25) is 0 Å². The van der Waals surface area contributed by atoms with Gasteiger partial charge in [-0.3, -0.25) is 0 Å². The van der Waals surface area contributed by atoms with Crippen molar-refractivity contribution in [3.05, 3.63) is 35.9 Å². The first-order valence-corrected chi connectivity index (χ1v) is 5.84. The van der Waals surface area contributed by atoms with Gasteiger partial charge in [0.1, 0.15) is 6.07 Å². The number of nitrogens with zero attached hydrogens (tertiary/aromatic N) is 1. The molecule has 88 valence electrons. The predicted molar refractivity (Wildman–Crippen MR) is 68.7 cm³/mol. The average Bonchev–Trinajstić information content (AvgIpc) is 2.40. The molecule has 1 aliphatic heterocycles. The highest BCUT2D eigenvalue weighted by atomic mass is 16.5. The van der Waals surface area contributed by atoms with Crippen LogP contribution in [0.3, 0.4) is 0 Å². The lowest BCUT2D eigenvalue weighted by Gasteiger charge is -2.24. The molecule has 2 rings (SSSR count). The van der Waals surface area contributed by atoms with E-state index in [0.717, 1.165) is 37.3 Å². The Kier molecular flexibility index (Phi) is 3.79. The summed E-state index contributed by atoms with van der Waals surface area (Å²) in [5, 5.41) is 12.5. The number of anilines is 1. The molecule has 0 aliphatic carbocycles. The van der Waals surface area contributed by atoms with Gasteiger partial charge >= 0.3 is 0 Å². The first-order valence-electron chi connectivity index (χ1n) is 5.84. The van der Waals surface area contributed by atoms with Crippen molar-refractivity contribution in [1.29, 1.82) is 5.26 Å². The first-order chi connectivity index (χ1) is 8.33. The lowest BCUT2D eigenvalue weighted by atomic mass is 10.1. The maximum Gasteiger partial charge on any atom is 0.101 e. The van der Waals surface area contributed by atoms with E-state index in [2.05, 4.69) is 18.0 Å². The summed E-state index contributed by atoms with van der Waals surface area (Å²) in [5.41, 5.74) is 2.55. The fourth-order valence-electron chi connectivity index (χ4n) is 1.97. The van der Waals surface area contributed by atoms with Crippen molar-refractivity contribution >= 4 is 11.8 Å². The number of nitrogens with one attached hydrogen (secondary N) is 1. The van der Waals surface area contributed by atoms with Crippen LogP contribution >= 0.6 is 0 Å². The minimum absolute atomic E-state index is 0.408. The summed E-state index contributed by atoms with van der Waals surface area (Å²) in [6.45, 7) is 5.30.